The van der Waals surface area contributed by atoms with E-state index in [9.17, 15) is 36.6 Å². The van der Waals surface area contributed by atoms with Crippen molar-refractivity contribution in [2.75, 3.05) is 5.32 Å². The smallest absolute Gasteiger partial charge is 0.408 e. The number of amides is 1. The molecule has 11 heteroatoms. The third-order valence-electron chi connectivity index (χ3n) is 5.40. The molecule has 0 saturated carbocycles. The number of nitrogens with one attached hydrogen (secondary N) is 2. The predicted molar refractivity (Wildman–Crippen MR) is 124 cm³/mol. The molecule has 0 radical (unpaired) electrons. The number of carboxylic acid groups (broad SMARTS) is 1. The van der Waals surface area contributed by atoms with E-state index >= 15 is 0 Å². The van der Waals surface area contributed by atoms with E-state index in [1.165, 1.54) is 6.92 Å². The first kappa shape index (κ1) is 26.4. The van der Waals surface area contributed by atoms with Gasteiger partial charge in [0.25, 0.3) is 5.91 Å². The summed E-state index contributed by atoms with van der Waals surface area (Å²) in [4.78, 5) is 24.4. The number of carbonyl (C=O) groups is 2. The molecule has 2 atom stereocenters. The molecule has 0 heterocycles. The number of aliphatic carboxylic acids is 1. The average Bonchev–Trinajstić information content (AvgIpc) is 2.77. The van der Waals surface area contributed by atoms with Gasteiger partial charge in [-0.15, -0.1) is 0 Å². The summed E-state index contributed by atoms with van der Waals surface area (Å²) in [7, 11) is 0. The van der Waals surface area contributed by atoms with Crippen LogP contribution < -0.4 is 10.6 Å². The maximum Gasteiger partial charge on any atom is 0.408 e. The molecule has 3 N–H and O–H groups in total. The van der Waals surface area contributed by atoms with Crippen LogP contribution in [0.5, 0.6) is 0 Å². The second-order valence-corrected chi connectivity index (χ2v) is 8.64. The number of hydrogen-bond acceptors (Lipinski definition) is 3. The van der Waals surface area contributed by atoms with Gasteiger partial charge < -0.3 is 15.7 Å². The number of carbonyl (C=O) groups excluding carboxylic acids is 1. The lowest BCUT2D eigenvalue weighted by Gasteiger charge is -2.22. The molecule has 5 nitrogen and oxygen atoms in total. The van der Waals surface area contributed by atoms with Gasteiger partial charge in [-0.1, -0.05) is 53.2 Å². The van der Waals surface area contributed by atoms with Crippen LogP contribution in [0.15, 0.2) is 53.0 Å². The van der Waals surface area contributed by atoms with Crippen molar-refractivity contribution < 1.29 is 36.6 Å². The van der Waals surface area contributed by atoms with Gasteiger partial charge in [0.15, 0.2) is 0 Å². The molecule has 0 spiro atoms. The summed E-state index contributed by atoms with van der Waals surface area (Å²) in [6.45, 7) is 1.25. The van der Waals surface area contributed by atoms with Crippen molar-refractivity contribution in [3.05, 3.63) is 75.8 Å². The quantitative estimate of drug-likeness (QED) is 0.294. The van der Waals surface area contributed by atoms with Crippen molar-refractivity contribution in [3.8, 4) is 0 Å². The number of fused-ring (bicyclic) bond motifs is 1. The van der Waals surface area contributed by atoms with Crippen molar-refractivity contribution in [1.82, 2.24) is 5.32 Å². The molecule has 3 aromatic carbocycles. The fourth-order valence-electron chi connectivity index (χ4n) is 3.64. The van der Waals surface area contributed by atoms with Crippen LogP contribution in [0.2, 0.25) is 0 Å². The molecule has 0 bridgehead atoms. The standard InChI is InChI=1S/C24H20BrF5N2O3/c1-2-20(24(28,29)30)31-13-10-17(26)21(18(27)11-13)22(33)32-19(23(34)35)9-12-7-8-16(25)15-6-4-3-5-14(12)15/h3-8,10-11,19-20,31H,2,9H2,1H3,(H,32,33)(H,34,35). The summed E-state index contributed by atoms with van der Waals surface area (Å²) in [6.07, 6.45) is -5.22. The van der Waals surface area contributed by atoms with Gasteiger partial charge in [-0.25, -0.2) is 13.6 Å². The highest BCUT2D eigenvalue weighted by Crippen LogP contribution is 2.29. The van der Waals surface area contributed by atoms with Gasteiger partial charge in [-0.05, 0) is 41.0 Å². The molecule has 0 aliphatic carbocycles. The van der Waals surface area contributed by atoms with Crippen molar-refractivity contribution in [3.63, 3.8) is 0 Å². The molecule has 0 saturated heterocycles. The van der Waals surface area contributed by atoms with Crippen LogP contribution in [-0.4, -0.2) is 35.2 Å². The molecule has 3 aromatic rings. The minimum atomic E-state index is -4.65. The first-order valence-electron chi connectivity index (χ1n) is 10.4. The van der Waals surface area contributed by atoms with Gasteiger partial charge in [-0.3, -0.25) is 4.79 Å². The summed E-state index contributed by atoms with van der Waals surface area (Å²) in [5.74, 6) is -5.64. The molecule has 35 heavy (non-hydrogen) atoms. The molecule has 186 valence electrons. The third kappa shape index (κ3) is 6.08. The third-order valence-corrected chi connectivity index (χ3v) is 6.09. The van der Waals surface area contributed by atoms with Gasteiger partial charge in [-0.2, -0.15) is 13.2 Å². The highest BCUT2D eigenvalue weighted by Gasteiger charge is 2.38. The Kier molecular flexibility index (Phi) is 7.99. The van der Waals surface area contributed by atoms with Crippen LogP contribution in [0, 0.1) is 11.6 Å². The van der Waals surface area contributed by atoms with Crippen LogP contribution in [0.3, 0.4) is 0 Å². The van der Waals surface area contributed by atoms with E-state index in [0.717, 1.165) is 15.2 Å². The Morgan fingerprint density at radius 1 is 1.03 bits per heavy atom. The summed E-state index contributed by atoms with van der Waals surface area (Å²) < 4.78 is 68.8. The SMILES string of the molecule is CCC(Nc1cc(F)c(C(=O)NC(Cc2ccc(Br)c3ccccc23)C(=O)O)c(F)c1)C(F)(F)F. The second-order valence-electron chi connectivity index (χ2n) is 7.78. The van der Waals surface area contributed by atoms with Crippen molar-refractivity contribution in [2.24, 2.45) is 0 Å². The van der Waals surface area contributed by atoms with E-state index in [-0.39, 0.29) is 12.8 Å². The van der Waals surface area contributed by atoms with Gasteiger partial charge in [0, 0.05) is 16.6 Å². The van der Waals surface area contributed by atoms with Crippen molar-refractivity contribution in [2.45, 2.75) is 38.0 Å². The monoisotopic (exact) mass is 558 g/mol. The topological polar surface area (TPSA) is 78.4 Å². The Bertz CT molecular complexity index is 1240. The summed E-state index contributed by atoms with van der Waals surface area (Å²) in [6, 6.07) is 8.08. The fourth-order valence-corrected chi connectivity index (χ4v) is 4.12. The van der Waals surface area contributed by atoms with Crippen LogP contribution in [-0.2, 0) is 11.2 Å². The zero-order valence-corrected chi connectivity index (χ0v) is 19.8. The van der Waals surface area contributed by atoms with Crippen molar-refractivity contribution in [1.29, 1.82) is 0 Å². The Hall–Kier alpha value is -3.21. The zero-order chi connectivity index (χ0) is 25.9. The lowest BCUT2D eigenvalue weighted by molar-refractivity contribution is -0.143. The maximum absolute atomic E-state index is 14.6. The van der Waals surface area contributed by atoms with E-state index in [2.05, 4.69) is 21.2 Å². The van der Waals surface area contributed by atoms with E-state index < -0.39 is 53.0 Å². The van der Waals surface area contributed by atoms with Crippen LogP contribution >= 0.6 is 15.9 Å². The van der Waals surface area contributed by atoms with Crippen molar-refractivity contribution >= 4 is 44.3 Å². The molecular formula is C24H20BrF5N2O3. The normalized spacial score (nSPS) is 13.3. The fraction of sp³-hybridized carbons (Fsp3) is 0.250. The first-order chi connectivity index (χ1) is 16.4. The minimum absolute atomic E-state index is 0.179. The highest BCUT2D eigenvalue weighted by atomic mass is 79.9. The highest BCUT2D eigenvalue weighted by molar-refractivity contribution is 9.10. The Balaban J connectivity index is 1.85. The number of anilines is 1. The lowest BCUT2D eigenvalue weighted by Crippen LogP contribution is -2.43. The van der Waals surface area contributed by atoms with Gasteiger partial charge >= 0.3 is 12.1 Å². The summed E-state index contributed by atoms with van der Waals surface area (Å²) >= 11 is 3.41. The largest absolute Gasteiger partial charge is 0.480 e. The van der Waals surface area contributed by atoms with E-state index in [0.29, 0.717) is 17.7 Å². The van der Waals surface area contributed by atoms with Crippen LogP contribution in [0.25, 0.3) is 10.8 Å². The molecule has 1 amide bonds. The minimum Gasteiger partial charge on any atom is -0.480 e. The van der Waals surface area contributed by atoms with E-state index in [1.807, 2.05) is 11.4 Å². The molecular weight excluding hydrogens is 539 g/mol. The zero-order valence-electron chi connectivity index (χ0n) is 18.2. The number of halogens is 6. The Morgan fingerprint density at radius 2 is 1.63 bits per heavy atom. The summed E-state index contributed by atoms with van der Waals surface area (Å²) in [5.41, 5.74) is -1.02. The Morgan fingerprint density at radius 3 is 2.17 bits per heavy atom. The van der Waals surface area contributed by atoms with Crippen LogP contribution in [0.4, 0.5) is 27.6 Å². The number of alkyl halides is 3. The molecule has 3 rings (SSSR count). The number of benzene rings is 3. The maximum atomic E-state index is 14.6. The second kappa shape index (κ2) is 10.6. The number of rotatable bonds is 8. The van der Waals surface area contributed by atoms with E-state index in [1.54, 1.807) is 30.3 Å². The van der Waals surface area contributed by atoms with Crippen LogP contribution in [0.1, 0.15) is 29.3 Å². The van der Waals surface area contributed by atoms with E-state index in [4.69, 9.17) is 0 Å². The van der Waals surface area contributed by atoms with Gasteiger partial charge in [0.05, 0.1) is 0 Å². The molecule has 0 aliphatic heterocycles. The molecule has 0 aliphatic rings. The van der Waals surface area contributed by atoms with Gasteiger partial charge in [0.2, 0.25) is 0 Å². The molecule has 0 fully saturated rings. The Labute approximate surface area is 205 Å². The summed E-state index contributed by atoms with van der Waals surface area (Å²) in [5, 5.41) is 15.3. The molecule has 0 aromatic heterocycles. The number of carboxylic acids is 1. The lowest BCUT2D eigenvalue weighted by atomic mass is 9.98. The average molecular weight is 559 g/mol. The predicted octanol–water partition coefficient (Wildman–Crippen LogP) is 6.06. The first-order valence-corrected chi connectivity index (χ1v) is 11.2. The van der Waals surface area contributed by atoms with Gasteiger partial charge in [0.1, 0.15) is 29.3 Å². The molecule has 2 unspecified atom stereocenters. The number of hydrogen-bond donors (Lipinski definition) is 3.